The van der Waals surface area contributed by atoms with E-state index < -0.39 is 6.04 Å². The highest BCUT2D eigenvalue weighted by atomic mass is 16.5. The van der Waals surface area contributed by atoms with Crippen LogP contribution in [0, 0.1) is 0 Å². The minimum atomic E-state index is -0.715. The summed E-state index contributed by atoms with van der Waals surface area (Å²) in [5.41, 5.74) is 6.55. The minimum Gasteiger partial charge on any atom is -0.465 e. The van der Waals surface area contributed by atoms with Crippen molar-refractivity contribution in [1.29, 1.82) is 0 Å². The molecule has 1 heterocycles. The van der Waals surface area contributed by atoms with E-state index in [4.69, 9.17) is 10.5 Å². The number of esters is 1. The summed E-state index contributed by atoms with van der Waals surface area (Å²) in [5, 5.41) is 0. The Kier molecular flexibility index (Phi) is 2.73. The van der Waals surface area contributed by atoms with Gasteiger partial charge in [-0.25, -0.2) is 9.78 Å². The summed E-state index contributed by atoms with van der Waals surface area (Å²) in [5.74, 6) is -0.389. The Balaban J connectivity index is 2.13. The summed E-state index contributed by atoms with van der Waals surface area (Å²) in [6, 6.07) is -0.240. The van der Waals surface area contributed by atoms with E-state index in [2.05, 4.69) is 4.98 Å². The Hall–Kier alpha value is -1.36. The maximum absolute atomic E-state index is 11.4. The molecule has 1 aromatic rings. The number of hydrogen-bond donors (Lipinski definition) is 1. The van der Waals surface area contributed by atoms with Gasteiger partial charge in [-0.15, -0.1) is 0 Å². The Morgan fingerprint density at radius 1 is 1.80 bits per heavy atom. The Morgan fingerprint density at radius 2 is 2.53 bits per heavy atom. The van der Waals surface area contributed by atoms with E-state index in [1.54, 1.807) is 19.4 Å². The van der Waals surface area contributed by atoms with Gasteiger partial charge in [0.1, 0.15) is 6.04 Å². The molecule has 1 unspecified atom stereocenters. The van der Waals surface area contributed by atoms with E-state index in [9.17, 15) is 4.79 Å². The third-order valence-electron chi connectivity index (χ3n) is 2.50. The molecule has 1 aliphatic carbocycles. The number of nitrogens with zero attached hydrogens (tertiary/aromatic N) is 2. The molecule has 0 spiro atoms. The quantitative estimate of drug-likeness (QED) is 0.744. The van der Waals surface area contributed by atoms with Gasteiger partial charge in [-0.2, -0.15) is 0 Å². The molecule has 1 saturated carbocycles. The summed E-state index contributed by atoms with van der Waals surface area (Å²) in [6.45, 7) is 2.12. The number of imidazole rings is 1. The summed E-state index contributed by atoms with van der Waals surface area (Å²) in [4.78, 5) is 15.5. The van der Waals surface area contributed by atoms with E-state index in [-0.39, 0.29) is 5.97 Å². The van der Waals surface area contributed by atoms with Gasteiger partial charge in [-0.3, -0.25) is 0 Å². The molecule has 0 aliphatic heterocycles. The highest BCUT2D eigenvalue weighted by Gasteiger charge is 2.29. The normalized spacial score (nSPS) is 17.5. The number of rotatable bonds is 4. The van der Waals surface area contributed by atoms with Crippen LogP contribution in [0.25, 0.3) is 0 Å². The second-order valence-electron chi connectivity index (χ2n) is 3.69. The van der Waals surface area contributed by atoms with Crippen LogP contribution in [-0.2, 0) is 9.53 Å². The predicted molar refractivity (Wildman–Crippen MR) is 54.1 cm³/mol. The maximum atomic E-state index is 11.4. The van der Waals surface area contributed by atoms with Crippen LogP contribution >= 0.6 is 0 Å². The number of hydrogen-bond acceptors (Lipinski definition) is 4. The van der Waals surface area contributed by atoms with Crippen LogP contribution in [0.4, 0.5) is 0 Å². The first kappa shape index (κ1) is 10.2. The fourth-order valence-electron chi connectivity index (χ4n) is 1.57. The summed E-state index contributed by atoms with van der Waals surface area (Å²) in [7, 11) is 0. The molecule has 0 radical (unpaired) electrons. The van der Waals surface area contributed by atoms with Gasteiger partial charge in [-0.1, -0.05) is 0 Å². The summed E-state index contributed by atoms with van der Waals surface area (Å²) in [6.07, 6.45) is 5.64. The lowest BCUT2D eigenvalue weighted by molar-refractivity contribution is -0.145. The van der Waals surface area contributed by atoms with Gasteiger partial charge in [0.2, 0.25) is 0 Å². The second-order valence-corrected chi connectivity index (χ2v) is 3.69. The zero-order chi connectivity index (χ0) is 10.8. The molecule has 0 saturated heterocycles. The first-order chi connectivity index (χ1) is 7.24. The Bertz CT molecular complexity index is 357. The van der Waals surface area contributed by atoms with Crippen molar-refractivity contribution in [3.05, 3.63) is 18.2 Å². The van der Waals surface area contributed by atoms with Gasteiger partial charge in [0.05, 0.1) is 24.8 Å². The molecule has 82 valence electrons. The first-order valence-corrected chi connectivity index (χ1v) is 5.18. The third-order valence-corrected chi connectivity index (χ3v) is 2.50. The van der Waals surface area contributed by atoms with E-state index in [1.165, 1.54) is 0 Å². The fourth-order valence-corrected chi connectivity index (χ4v) is 1.57. The van der Waals surface area contributed by atoms with Crippen molar-refractivity contribution < 1.29 is 9.53 Å². The third kappa shape index (κ3) is 2.02. The predicted octanol–water partition coefficient (Wildman–Crippen LogP) is 0.781. The lowest BCUT2D eigenvalue weighted by Gasteiger charge is -2.12. The molecule has 1 aliphatic rings. The van der Waals surface area contributed by atoms with Crippen LogP contribution in [0.5, 0.6) is 0 Å². The van der Waals surface area contributed by atoms with Crippen molar-refractivity contribution in [3.8, 4) is 0 Å². The van der Waals surface area contributed by atoms with Gasteiger partial charge in [-0.05, 0) is 19.8 Å². The van der Waals surface area contributed by atoms with Crippen molar-refractivity contribution in [2.75, 3.05) is 6.61 Å². The van der Waals surface area contributed by atoms with Crippen LogP contribution in [0.2, 0.25) is 0 Å². The van der Waals surface area contributed by atoms with Crippen molar-refractivity contribution in [1.82, 2.24) is 9.55 Å². The molecule has 0 amide bonds. The van der Waals surface area contributed by atoms with Gasteiger partial charge in [0, 0.05) is 6.04 Å². The highest BCUT2D eigenvalue weighted by molar-refractivity contribution is 5.76. The summed E-state index contributed by atoms with van der Waals surface area (Å²) >= 11 is 0. The molecule has 5 heteroatoms. The number of nitrogens with two attached hydrogens (primary N) is 1. The molecule has 1 fully saturated rings. The number of carbonyl (C=O) groups is 1. The molecular formula is C10H15N3O2. The number of aromatic nitrogens is 2. The van der Waals surface area contributed by atoms with E-state index in [1.807, 2.05) is 4.57 Å². The Morgan fingerprint density at radius 3 is 3.13 bits per heavy atom. The number of carbonyl (C=O) groups excluding carboxylic acids is 1. The van der Waals surface area contributed by atoms with E-state index in [0.717, 1.165) is 18.5 Å². The molecule has 2 rings (SSSR count). The van der Waals surface area contributed by atoms with Gasteiger partial charge >= 0.3 is 5.97 Å². The molecule has 2 N–H and O–H groups in total. The largest absolute Gasteiger partial charge is 0.465 e. The van der Waals surface area contributed by atoms with Crippen molar-refractivity contribution in [3.63, 3.8) is 0 Å². The van der Waals surface area contributed by atoms with Crippen LogP contribution in [0.15, 0.2) is 12.5 Å². The molecule has 5 nitrogen and oxygen atoms in total. The van der Waals surface area contributed by atoms with Crippen molar-refractivity contribution in [2.45, 2.75) is 31.8 Å². The van der Waals surface area contributed by atoms with Gasteiger partial charge in [0.15, 0.2) is 0 Å². The van der Waals surface area contributed by atoms with Crippen LogP contribution in [-0.4, -0.2) is 22.1 Å². The average Bonchev–Trinajstić information content (AvgIpc) is 2.96. The van der Waals surface area contributed by atoms with Gasteiger partial charge in [0.25, 0.3) is 0 Å². The van der Waals surface area contributed by atoms with Crippen LogP contribution < -0.4 is 5.73 Å². The molecular weight excluding hydrogens is 194 g/mol. The first-order valence-electron chi connectivity index (χ1n) is 5.18. The van der Waals surface area contributed by atoms with Crippen LogP contribution in [0.3, 0.4) is 0 Å². The molecule has 1 atom stereocenters. The highest BCUT2D eigenvalue weighted by Crippen LogP contribution is 2.36. The molecule has 0 bridgehead atoms. The standard InChI is InChI=1S/C10H15N3O2/c1-2-15-10(14)9(11)8-5-12-6-13(8)7-3-4-7/h5-7,9H,2-4,11H2,1H3. The zero-order valence-corrected chi connectivity index (χ0v) is 8.72. The maximum Gasteiger partial charge on any atom is 0.329 e. The smallest absolute Gasteiger partial charge is 0.329 e. The van der Waals surface area contributed by atoms with Gasteiger partial charge < -0.3 is 15.0 Å². The second kappa shape index (κ2) is 4.02. The zero-order valence-electron chi connectivity index (χ0n) is 8.72. The van der Waals surface area contributed by atoms with E-state index >= 15 is 0 Å². The minimum absolute atomic E-state index is 0.351. The van der Waals surface area contributed by atoms with Crippen molar-refractivity contribution in [2.24, 2.45) is 5.73 Å². The SMILES string of the molecule is CCOC(=O)C(N)c1cncn1C1CC1. The van der Waals surface area contributed by atoms with Crippen molar-refractivity contribution >= 4 is 5.97 Å². The lowest BCUT2D eigenvalue weighted by atomic mass is 10.2. The molecule has 0 aromatic carbocycles. The molecule has 1 aromatic heterocycles. The Labute approximate surface area is 88.2 Å². The van der Waals surface area contributed by atoms with Crippen LogP contribution in [0.1, 0.15) is 37.5 Å². The topological polar surface area (TPSA) is 70.1 Å². The molecule has 15 heavy (non-hydrogen) atoms. The fraction of sp³-hybridized carbons (Fsp3) is 0.600. The average molecular weight is 209 g/mol. The monoisotopic (exact) mass is 209 g/mol. The summed E-state index contributed by atoms with van der Waals surface area (Å²) < 4.78 is 6.85. The lowest BCUT2D eigenvalue weighted by Crippen LogP contribution is -2.26. The number of ether oxygens (including phenoxy) is 1. The van der Waals surface area contributed by atoms with E-state index in [0.29, 0.717) is 12.6 Å².